The first-order chi connectivity index (χ1) is 16.5. The monoisotopic (exact) mass is 460 g/mol. The van der Waals surface area contributed by atoms with Gasteiger partial charge < -0.3 is 11.1 Å². The molecule has 2 aliphatic heterocycles. The number of nitrogens with zero attached hydrogens (tertiary/aromatic N) is 2. The van der Waals surface area contributed by atoms with Crippen LogP contribution in [0.1, 0.15) is 27.9 Å². The number of nitrogens with two attached hydrogens (primary N) is 1. The van der Waals surface area contributed by atoms with Crippen LogP contribution < -0.4 is 11.1 Å². The van der Waals surface area contributed by atoms with Crippen LogP contribution in [0.25, 0.3) is 22.3 Å². The molecular formula is C27H26F2N4O. The van der Waals surface area contributed by atoms with Gasteiger partial charge in [-0.25, -0.2) is 13.8 Å². The van der Waals surface area contributed by atoms with E-state index in [0.29, 0.717) is 42.1 Å². The Morgan fingerprint density at radius 2 is 1.94 bits per heavy atom. The van der Waals surface area contributed by atoms with Gasteiger partial charge in [-0.2, -0.15) is 0 Å². The molecule has 2 aromatic carbocycles. The average Bonchev–Trinajstić information content (AvgIpc) is 3.41. The summed E-state index contributed by atoms with van der Waals surface area (Å²) in [6.07, 6.45) is 3.51. The molecule has 1 aromatic heterocycles. The highest BCUT2D eigenvalue weighted by Crippen LogP contribution is 2.59. The van der Waals surface area contributed by atoms with Crippen molar-refractivity contribution in [2.45, 2.75) is 18.3 Å². The third kappa shape index (κ3) is 3.38. The first-order valence-corrected chi connectivity index (χ1v) is 11.7. The molecule has 1 amide bonds. The van der Waals surface area contributed by atoms with Crippen LogP contribution in [0.3, 0.4) is 0 Å². The number of fused-ring (bicyclic) bond motifs is 2. The van der Waals surface area contributed by atoms with Gasteiger partial charge in [0, 0.05) is 60.0 Å². The van der Waals surface area contributed by atoms with Gasteiger partial charge in [0.05, 0.1) is 0 Å². The minimum atomic E-state index is -0.491. The zero-order valence-corrected chi connectivity index (χ0v) is 18.8. The summed E-state index contributed by atoms with van der Waals surface area (Å²) in [5.41, 5.74) is 11.5. The van der Waals surface area contributed by atoms with Gasteiger partial charge in [-0.15, -0.1) is 0 Å². The van der Waals surface area contributed by atoms with Gasteiger partial charge in [-0.05, 0) is 53.6 Å². The second-order valence-corrected chi connectivity index (χ2v) is 9.71. The molecule has 3 N–H and O–H groups in total. The fourth-order valence-electron chi connectivity index (χ4n) is 5.82. The van der Waals surface area contributed by atoms with Gasteiger partial charge in [-0.3, -0.25) is 9.69 Å². The highest BCUT2D eigenvalue weighted by atomic mass is 19.1. The summed E-state index contributed by atoms with van der Waals surface area (Å²) in [5.74, 6) is 0.121. The summed E-state index contributed by atoms with van der Waals surface area (Å²) in [6.45, 7) is 2.65. The Kier molecular flexibility index (Phi) is 4.92. The molecule has 2 fully saturated rings. The molecule has 0 unspecified atom stereocenters. The smallest absolute Gasteiger partial charge is 0.251 e. The fraction of sp³-hybridized carbons (Fsp3) is 0.333. The number of anilines is 1. The van der Waals surface area contributed by atoms with E-state index in [4.69, 9.17) is 5.73 Å². The molecule has 1 saturated heterocycles. The second-order valence-electron chi connectivity index (χ2n) is 9.71. The predicted molar refractivity (Wildman–Crippen MR) is 128 cm³/mol. The minimum absolute atomic E-state index is 0.163. The Labute approximate surface area is 197 Å². The van der Waals surface area contributed by atoms with Crippen molar-refractivity contribution in [2.75, 3.05) is 38.6 Å². The molecule has 3 heterocycles. The van der Waals surface area contributed by atoms with Gasteiger partial charge in [0.2, 0.25) is 0 Å². The number of benzene rings is 2. The lowest BCUT2D eigenvalue weighted by atomic mass is 9.91. The number of nitrogen functional groups attached to an aromatic ring is 1. The maximum Gasteiger partial charge on any atom is 0.251 e. The van der Waals surface area contributed by atoms with Gasteiger partial charge in [0.25, 0.3) is 5.91 Å². The standard InChI is InChI=1S/C27H26F2N4O/c28-6-8-33-14-20-12-27(20,15-33)19-3-1-16(2-4-19)18-10-23(25(30)32-13-18)22-9-17-5-7-31-26(34)21(17)11-24(22)29/h1-4,9-11,13,20H,5-8,12,14-15H2,(H2,30,32)(H,31,34)/t20-,27+/m1/s1. The molecule has 1 aliphatic carbocycles. The molecule has 0 bridgehead atoms. The number of pyridine rings is 1. The van der Waals surface area contributed by atoms with E-state index in [2.05, 4.69) is 39.5 Å². The molecule has 174 valence electrons. The van der Waals surface area contributed by atoms with Gasteiger partial charge in [-0.1, -0.05) is 24.3 Å². The number of aromatic nitrogens is 1. The van der Waals surface area contributed by atoms with Crippen molar-refractivity contribution in [1.29, 1.82) is 0 Å². The molecule has 3 aromatic rings. The van der Waals surface area contributed by atoms with E-state index in [9.17, 15) is 9.18 Å². The van der Waals surface area contributed by atoms with E-state index < -0.39 is 5.82 Å². The van der Waals surface area contributed by atoms with E-state index in [0.717, 1.165) is 29.8 Å². The Balaban J connectivity index is 1.31. The Morgan fingerprint density at radius 3 is 2.74 bits per heavy atom. The summed E-state index contributed by atoms with van der Waals surface area (Å²) in [4.78, 5) is 18.6. The summed E-state index contributed by atoms with van der Waals surface area (Å²) in [6, 6.07) is 13.3. The highest BCUT2D eigenvalue weighted by molar-refractivity contribution is 5.97. The summed E-state index contributed by atoms with van der Waals surface area (Å²) in [7, 11) is 0. The number of halogens is 2. The van der Waals surface area contributed by atoms with Crippen molar-refractivity contribution in [2.24, 2.45) is 5.92 Å². The number of alkyl halides is 1. The van der Waals surface area contributed by atoms with Crippen LogP contribution in [0.15, 0.2) is 48.7 Å². The van der Waals surface area contributed by atoms with E-state index in [-0.39, 0.29) is 23.8 Å². The minimum Gasteiger partial charge on any atom is -0.383 e. The van der Waals surface area contributed by atoms with Crippen molar-refractivity contribution < 1.29 is 13.6 Å². The highest BCUT2D eigenvalue weighted by Gasteiger charge is 2.60. The van der Waals surface area contributed by atoms with Gasteiger partial charge in [0.15, 0.2) is 0 Å². The number of amides is 1. The Hall–Kier alpha value is -3.32. The van der Waals surface area contributed by atoms with Gasteiger partial charge in [0.1, 0.15) is 18.3 Å². The van der Waals surface area contributed by atoms with Crippen LogP contribution in [0, 0.1) is 11.7 Å². The zero-order valence-electron chi connectivity index (χ0n) is 18.8. The lowest BCUT2D eigenvalue weighted by molar-refractivity contribution is 0.0945. The normalized spacial score (nSPS) is 23.4. The summed E-state index contributed by atoms with van der Waals surface area (Å²) < 4.78 is 27.8. The lowest BCUT2D eigenvalue weighted by Gasteiger charge is -2.20. The zero-order chi connectivity index (χ0) is 23.4. The van der Waals surface area contributed by atoms with Crippen molar-refractivity contribution >= 4 is 11.7 Å². The van der Waals surface area contributed by atoms with Crippen LogP contribution in [0.5, 0.6) is 0 Å². The largest absolute Gasteiger partial charge is 0.383 e. The maximum atomic E-state index is 15.0. The molecule has 0 radical (unpaired) electrons. The Morgan fingerprint density at radius 1 is 1.12 bits per heavy atom. The summed E-state index contributed by atoms with van der Waals surface area (Å²) >= 11 is 0. The van der Waals surface area contributed by atoms with E-state index >= 15 is 4.39 Å². The van der Waals surface area contributed by atoms with Crippen LogP contribution in [0.2, 0.25) is 0 Å². The van der Waals surface area contributed by atoms with Crippen molar-refractivity contribution in [3.8, 4) is 22.3 Å². The number of nitrogens with one attached hydrogen (secondary N) is 1. The topological polar surface area (TPSA) is 71.2 Å². The third-order valence-corrected chi connectivity index (χ3v) is 7.74. The number of hydrogen-bond acceptors (Lipinski definition) is 4. The van der Waals surface area contributed by atoms with Crippen LogP contribution in [-0.2, 0) is 11.8 Å². The number of likely N-dealkylation sites (tertiary alicyclic amines) is 1. The lowest BCUT2D eigenvalue weighted by Crippen LogP contribution is -2.32. The SMILES string of the molecule is Nc1ncc(-c2ccc([C@@]34C[C@@H]3CN(CCF)C4)cc2)cc1-c1cc2c(cc1F)C(=O)NCC2. The molecule has 3 aliphatic rings. The fourth-order valence-corrected chi connectivity index (χ4v) is 5.82. The molecule has 2 atom stereocenters. The molecule has 5 nitrogen and oxygen atoms in total. The van der Waals surface area contributed by atoms with Gasteiger partial charge >= 0.3 is 0 Å². The van der Waals surface area contributed by atoms with E-state index in [1.165, 1.54) is 18.1 Å². The van der Waals surface area contributed by atoms with Crippen molar-refractivity contribution in [3.63, 3.8) is 0 Å². The predicted octanol–water partition coefficient (Wildman–Crippen LogP) is 3.97. The molecule has 0 spiro atoms. The quantitative estimate of drug-likeness (QED) is 0.605. The van der Waals surface area contributed by atoms with Crippen LogP contribution in [0.4, 0.5) is 14.6 Å². The molecule has 34 heavy (non-hydrogen) atoms. The molecule has 1 saturated carbocycles. The first-order valence-electron chi connectivity index (χ1n) is 11.7. The van der Waals surface area contributed by atoms with E-state index in [1.807, 2.05) is 6.07 Å². The Bertz CT molecular complexity index is 1290. The van der Waals surface area contributed by atoms with Crippen LogP contribution >= 0.6 is 0 Å². The average molecular weight is 461 g/mol. The molecular weight excluding hydrogens is 434 g/mol. The number of carbonyl (C=O) groups is 1. The third-order valence-electron chi connectivity index (χ3n) is 7.74. The number of carbonyl (C=O) groups excluding carboxylic acids is 1. The van der Waals surface area contributed by atoms with E-state index in [1.54, 1.807) is 12.3 Å². The maximum absolute atomic E-state index is 15.0. The van der Waals surface area contributed by atoms with Crippen LogP contribution in [-0.4, -0.2) is 48.6 Å². The second kappa shape index (κ2) is 7.87. The first kappa shape index (κ1) is 21.2. The number of piperidine rings is 1. The molecule has 6 rings (SSSR count). The van der Waals surface area contributed by atoms with Crippen molar-refractivity contribution in [1.82, 2.24) is 15.2 Å². The number of rotatable bonds is 5. The summed E-state index contributed by atoms with van der Waals surface area (Å²) in [5, 5.41) is 2.74. The number of hydrogen-bond donors (Lipinski definition) is 2. The van der Waals surface area contributed by atoms with Crippen molar-refractivity contribution in [3.05, 3.63) is 71.2 Å². The molecule has 7 heteroatoms.